The van der Waals surface area contributed by atoms with Gasteiger partial charge in [-0.3, -0.25) is 38.8 Å². The summed E-state index contributed by atoms with van der Waals surface area (Å²) in [6.07, 6.45) is 8.88. The van der Waals surface area contributed by atoms with Crippen molar-refractivity contribution in [3.05, 3.63) is 96.8 Å². The van der Waals surface area contributed by atoms with Gasteiger partial charge >= 0.3 is 0 Å². The van der Waals surface area contributed by atoms with Crippen LogP contribution < -0.4 is 16.2 Å². The van der Waals surface area contributed by atoms with Crippen LogP contribution >= 0.6 is 22.9 Å². The summed E-state index contributed by atoms with van der Waals surface area (Å²) in [5, 5.41) is 15.9. The maximum Gasteiger partial charge on any atom is 0.251 e. The molecule has 6 rings (SSSR count). The maximum atomic E-state index is 13.2. The van der Waals surface area contributed by atoms with Gasteiger partial charge < -0.3 is 9.88 Å². The SMILES string of the molecule is Cc1sc2c(c1C)C(c1ccc(Cl)cc1)=N[C@@H](CC(=O)NCCCCCCCCCC(=O)c1ccc(=O)n(C3CCC(=O)NC3=O)c1)c1nnc(C)n1-2. The van der Waals surface area contributed by atoms with Crippen LogP contribution in [-0.2, 0) is 14.4 Å². The highest BCUT2D eigenvalue weighted by Crippen LogP contribution is 2.39. The number of halogens is 1. The molecule has 2 atom stereocenters. The van der Waals surface area contributed by atoms with E-state index >= 15 is 0 Å². The van der Waals surface area contributed by atoms with E-state index in [-0.39, 0.29) is 42.4 Å². The molecule has 3 amide bonds. The van der Waals surface area contributed by atoms with E-state index in [1.807, 2.05) is 35.8 Å². The van der Waals surface area contributed by atoms with Crippen molar-refractivity contribution in [2.45, 2.75) is 103 Å². The highest BCUT2D eigenvalue weighted by atomic mass is 35.5. The minimum Gasteiger partial charge on any atom is -0.356 e. The molecular weight excluding hydrogens is 714 g/mol. The molecule has 53 heavy (non-hydrogen) atoms. The van der Waals surface area contributed by atoms with E-state index in [2.05, 4.69) is 34.7 Å². The Hall–Kier alpha value is -4.75. The van der Waals surface area contributed by atoms with Gasteiger partial charge in [0.15, 0.2) is 11.6 Å². The first-order chi connectivity index (χ1) is 25.5. The fraction of sp³-hybridized carbons (Fsp3) is 0.436. The molecule has 1 saturated heterocycles. The number of carbonyl (C=O) groups is 4. The molecule has 1 fully saturated rings. The molecule has 14 heteroatoms. The molecule has 2 aliphatic rings. The third kappa shape index (κ3) is 8.73. The summed E-state index contributed by atoms with van der Waals surface area (Å²) in [6, 6.07) is 9.14. The molecule has 0 radical (unpaired) electrons. The van der Waals surface area contributed by atoms with Crippen LogP contribution in [0, 0.1) is 20.8 Å². The number of aryl methyl sites for hydroxylation is 2. The predicted octanol–water partition coefficient (Wildman–Crippen LogP) is 6.45. The number of aliphatic imine (C=N–C) groups is 1. The number of benzene rings is 1. The lowest BCUT2D eigenvalue weighted by molar-refractivity contribution is -0.135. The number of ketones is 1. The molecule has 2 N–H and O–H groups in total. The number of unbranched alkanes of at least 4 members (excludes halogenated alkanes) is 6. The zero-order chi connectivity index (χ0) is 37.6. The summed E-state index contributed by atoms with van der Waals surface area (Å²) in [6.45, 7) is 6.70. The molecule has 5 heterocycles. The maximum absolute atomic E-state index is 13.2. The molecule has 0 saturated carbocycles. The number of rotatable bonds is 15. The summed E-state index contributed by atoms with van der Waals surface area (Å²) in [5.41, 5.74) is 3.94. The zero-order valence-corrected chi connectivity index (χ0v) is 31.8. The molecule has 12 nitrogen and oxygen atoms in total. The summed E-state index contributed by atoms with van der Waals surface area (Å²) in [7, 11) is 0. The summed E-state index contributed by atoms with van der Waals surface area (Å²) in [4.78, 5) is 68.5. The lowest BCUT2D eigenvalue weighted by atomic mass is 9.99. The molecule has 1 unspecified atom stereocenters. The van der Waals surface area contributed by atoms with Crippen LogP contribution in [0.5, 0.6) is 0 Å². The van der Waals surface area contributed by atoms with Gasteiger partial charge in [0, 0.05) is 58.2 Å². The Bertz CT molecular complexity index is 2120. The smallest absolute Gasteiger partial charge is 0.251 e. The molecular formula is C39H44ClN7O5S. The molecule has 1 aromatic carbocycles. The van der Waals surface area contributed by atoms with Crippen molar-refractivity contribution in [3.63, 3.8) is 0 Å². The normalized spacial score (nSPS) is 16.7. The average molecular weight is 758 g/mol. The topological polar surface area (TPSA) is 157 Å². The minimum atomic E-state index is -0.790. The number of piperidine rings is 1. The average Bonchev–Trinajstić information content (AvgIpc) is 3.61. The second kappa shape index (κ2) is 16.9. The van der Waals surface area contributed by atoms with Crippen molar-refractivity contribution >= 4 is 52.2 Å². The van der Waals surface area contributed by atoms with Crippen molar-refractivity contribution < 1.29 is 19.2 Å². The number of imide groups is 1. The van der Waals surface area contributed by atoms with E-state index < -0.39 is 18.0 Å². The van der Waals surface area contributed by atoms with Crippen LogP contribution in [0.4, 0.5) is 0 Å². The number of hydrogen-bond acceptors (Lipinski definition) is 9. The Morgan fingerprint density at radius 1 is 0.943 bits per heavy atom. The molecule has 278 valence electrons. The Kier molecular flexibility index (Phi) is 12.1. The van der Waals surface area contributed by atoms with Gasteiger partial charge in [-0.1, -0.05) is 55.8 Å². The zero-order valence-electron chi connectivity index (χ0n) is 30.2. The van der Waals surface area contributed by atoms with Gasteiger partial charge in [-0.05, 0) is 63.8 Å². The van der Waals surface area contributed by atoms with E-state index in [0.29, 0.717) is 29.4 Å². The molecule has 0 aliphatic carbocycles. The Labute approximate surface area is 317 Å². The number of pyridine rings is 1. The van der Waals surface area contributed by atoms with Crippen molar-refractivity contribution in [2.24, 2.45) is 4.99 Å². The van der Waals surface area contributed by atoms with Gasteiger partial charge in [0.25, 0.3) is 5.56 Å². The number of carbonyl (C=O) groups excluding carboxylic acids is 4. The Morgan fingerprint density at radius 3 is 2.40 bits per heavy atom. The van der Waals surface area contributed by atoms with Gasteiger partial charge in [0.05, 0.1) is 12.1 Å². The highest BCUT2D eigenvalue weighted by Gasteiger charge is 2.33. The van der Waals surface area contributed by atoms with Crippen molar-refractivity contribution in [1.29, 1.82) is 0 Å². The number of hydrogen-bond donors (Lipinski definition) is 2. The van der Waals surface area contributed by atoms with E-state index in [1.165, 1.54) is 27.8 Å². The first-order valence-corrected chi connectivity index (χ1v) is 19.4. The standard InChI is InChI=1S/C39H44ClN7O5S/c1-23-24(2)53-39-35(23)36(26-12-15-28(40)16-13-26)42-29(37-45-44-25(3)47(37)39)21-33(50)41-20-10-8-6-4-5-7-9-11-31(48)27-14-19-34(51)46(22-27)30-17-18-32(49)43-38(30)52/h12-16,19,22,29-30H,4-11,17-18,20-21H2,1-3H3,(H,41,50)(H,43,49,52)/t29-,30?/m0/s1. The molecule has 0 bridgehead atoms. The number of nitrogens with zero attached hydrogens (tertiary/aromatic N) is 5. The van der Waals surface area contributed by atoms with Gasteiger partial charge in [-0.25, -0.2) is 0 Å². The Morgan fingerprint density at radius 2 is 1.66 bits per heavy atom. The summed E-state index contributed by atoms with van der Waals surface area (Å²) >= 11 is 7.89. The van der Waals surface area contributed by atoms with E-state index in [4.69, 9.17) is 16.6 Å². The largest absolute Gasteiger partial charge is 0.356 e. The van der Waals surface area contributed by atoms with Gasteiger partial charge in [-0.2, -0.15) is 0 Å². The summed E-state index contributed by atoms with van der Waals surface area (Å²) < 4.78 is 3.31. The van der Waals surface area contributed by atoms with Gasteiger partial charge in [0.1, 0.15) is 22.9 Å². The van der Waals surface area contributed by atoms with Crippen LogP contribution in [0.2, 0.25) is 5.02 Å². The Balaban J connectivity index is 0.938. The first kappa shape index (κ1) is 38.0. The molecule has 2 aliphatic heterocycles. The fourth-order valence-corrected chi connectivity index (χ4v) is 8.25. The van der Waals surface area contributed by atoms with Gasteiger partial charge in [0.2, 0.25) is 17.7 Å². The second-order valence-corrected chi connectivity index (χ2v) is 15.4. The number of nitrogens with one attached hydrogen (secondary N) is 2. The third-order valence-corrected chi connectivity index (χ3v) is 11.4. The fourth-order valence-electron chi connectivity index (χ4n) is 6.91. The number of thiophene rings is 1. The lowest BCUT2D eigenvalue weighted by Crippen LogP contribution is -2.44. The first-order valence-electron chi connectivity index (χ1n) is 18.2. The van der Waals surface area contributed by atoms with Crippen LogP contribution in [0.3, 0.4) is 0 Å². The molecule has 4 aromatic rings. The van der Waals surface area contributed by atoms with Crippen molar-refractivity contribution in [2.75, 3.05) is 6.54 Å². The number of amides is 3. The van der Waals surface area contributed by atoms with Crippen molar-refractivity contribution in [3.8, 4) is 5.00 Å². The van der Waals surface area contributed by atoms with Crippen LogP contribution in [0.25, 0.3) is 5.00 Å². The van der Waals surface area contributed by atoms with Gasteiger partial charge in [-0.15, -0.1) is 21.5 Å². The second-order valence-electron chi connectivity index (χ2n) is 13.7. The monoisotopic (exact) mass is 757 g/mol. The molecule has 3 aromatic heterocycles. The van der Waals surface area contributed by atoms with Crippen LogP contribution in [0.1, 0.15) is 126 Å². The van der Waals surface area contributed by atoms with E-state index in [9.17, 15) is 24.0 Å². The summed E-state index contributed by atoms with van der Waals surface area (Å²) in [5.74, 6) is 0.369. The van der Waals surface area contributed by atoms with Crippen LogP contribution in [0.15, 0.2) is 52.4 Å². The van der Waals surface area contributed by atoms with E-state index in [1.54, 1.807) is 11.3 Å². The number of aromatic nitrogens is 4. The van der Waals surface area contributed by atoms with E-state index in [0.717, 1.165) is 78.2 Å². The number of fused-ring (bicyclic) bond motifs is 3. The minimum absolute atomic E-state index is 0.0748. The lowest BCUT2D eigenvalue weighted by Gasteiger charge is -2.23. The van der Waals surface area contributed by atoms with Crippen LogP contribution in [-0.4, -0.2) is 55.1 Å². The quantitative estimate of drug-likeness (QED) is 0.0802. The predicted molar refractivity (Wildman–Crippen MR) is 204 cm³/mol. The highest BCUT2D eigenvalue weighted by molar-refractivity contribution is 7.15. The number of Topliss-reactive ketones (excluding diaryl/α,β-unsaturated/α-hetero) is 1. The third-order valence-electron chi connectivity index (χ3n) is 9.94. The van der Waals surface area contributed by atoms with Crippen molar-refractivity contribution in [1.82, 2.24) is 30.0 Å². The molecule has 0 spiro atoms.